The van der Waals surface area contributed by atoms with Gasteiger partial charge in [0.25, 0.3) is 17.7 Å². The molecule has 2 aromatic heterocycles. The number of carbonyl (C=O) groups excluding carboxylic acids is 1. The maximum Gasteiger partial charge on any atom is 0.405 e. The van der Waals surface area contributed by atoms with E-state index in [1.165, 1.54) is 12.3 Å². The van der Waals surface area contributed by atoms with Crippen molar-refractivity contribution < 1.29 is 36.7 Å². The average molecular weight is 429 g/mol. The van der Waals surface area contributed by atoms with E-state index in [-0.39, 0.29) is 36.4 Å². The number of nitrogens with one attached hydrogen (secondary N) is 1. The van der Waals surface area contributed by atoms with E-state index < -0.39 is 48.7 Å². The third-order valence-electron chi connectivity index (χ3n) is 5.18. The molecule has 0 saturated heterocycles. The number of fused-ring (bicyclic) bond motifs is 1. The number of halogens is 4. The molecule has 0 spiro atoms. The second-order valence-corrected chi connectivity index (χ2v) is 7.05. The van der Waals surface area contributed by atoms with Crippen molar-refractivity contribution in [1.29, 1.82) is 0 Å². The fourth-order valence-corrected chi connectivity index (χ4v) is 3.84. The quantitative estimate of drug-likeness (QED) is 0.717. The minimum Gasteiger partial charge on any atom is -0.465 e. The highest BCUT2D eigenvalue weighted by atomic mass is 19.3. The van der Waals surface area contributed by atoms with Gasteiger partial charge in [0.05, 0.1) is 29.4 Å². The Hall–Kier alpha value is -3.25. The summed E-state index contributed by atoms with van der Waals surface area (Å²) in [4.78, 5) is 29.2. The van der Waals surface area contributed by atoms with Crippen molar-refractivity contribution in [3.05, 3.63) is 29.4 Å². The largest absolute Gasteiger partial charge is 0.465 e. The number of carbonyl (C=O) groups is 2. The van der Waals surface area contributed by atoms with Crippen LogP contribution in [-0.2, 0) is 6.54 Å². The molecule has 2 atom stereocenters. The first-order valence-corrected chi connectivity index (χ1v) is 8.96. The SMILES string of the molecule is O=C(O)N[C@H]1[C@H](N2Cc3ncc(-c4nnc(C(F)F)o4)cc3C2=O)CCCC1(F)F. The van der Waals surface area contributed by atoms with E-state index in [4.69, 9.17) is 9.52 Å². The van der Waals surface area contributed by atoms with Crippen LogP contribution >= 0.6 is 0 Å². The Labute approximate surface area is 166 Å². The minimum absolute atomic E-state index is 0.0762. The van der Waals surface area contributed by atoms with E-state index in [1.807, 2.05) is 5.32 Å². The van der Waals surface area contributed by atoms with E-state index in [0.29, 0.717) is 5.69 Å². The van der Waals surface area contributed by atoms with Crippen LogP contribution in [0.2, 0.25) is 0 Å². The molecule has 1 fully saturated rings. The predicted molar refractivity (Wildman–Crippen MR) is 89.9 cm³/mol. The number of aromatic nitrogens is 3. The number of hydrogen-bond acceptors (Lipinski definition) is 6. The van der Waals surface area contributed by atoms with Gasteiger partial charge in [0, 0.05) is 12.6 Å². The Morgan fingerprint density at radius 1 is 1.37 bits per heavy atom. The molecule has 1 aliphatic heterocycles. The van der Waals surface area contributed by atoms with Gasteiger partial charge in [0.15, 0.2) is 0 Å². The number of hydrogen-bond donors (Lipinski definition) is 2. The number of rotatable bonds is 4. The highest BCUT2D eigenvalue weighted by molar-refractivity contribution is 5.99. The predicted octanol–water partition coefficient (Wildman–Crippen LogP) is 2.85. The zero-order valence-corrected chi connectivity index (χ0v) is 15.2. The lowest BCUT2D eigenvalue weighted by molar-refractivity contribution is -0.0877. The van der Waals surface area contributed by atoms with Gasteiger partial charge >= 0.3 is 12.5 Å². The summed E-state index contributed by atoms with van der Waals surface area (Å²) in [5.74, 6) is -5.08. The summed E-state index contributed by atoms with van der Waals surface area (Å²) in [5.41, 5.74) is 0.491. The van der Waals surface area contributed by atoms with Crippen LogP contribution in [0.5, 0.6) is 0 Å². The van der Waals surface area contributed by atoms with E-state index in [0.717, 1.165) is 4.90 Å². The van der Waals surface area contributed by atoms with E-state index in [1.54, 1.807) is 0 Å². The molecule has 2 N–H and O–H groups in total. The van der Waals surface area contributed by atoms with Crippen LogP contribution in [0.4, 0.5) is 22.4 Å². The third kappa shape index (κ3) is 3.44. The maximum atomic E-state index is 14.4. The Morgan fingerprint density at radius 3 is 2.80 bits per heavy atom. The Kier molecular flexibility index (Phi) is 4.82. The average Bonchev–Trinajstić information content (AvgIpc) is 3.28. The molecule has 0 bridgehead atoms. The van der Waals surface area contributed by atoms with Crippen molar-refractivity contribution in [3.8, 4) is 11.5 Å². The summed E-state index contributed by atoms with van der Waals surface area (Å²) in [5, 5.41) is 17.5. The molecule has 1 aliphatic carbocycles. The van der Waals surface area contributed by atoms with Crippen molar-refractivity contribution in [2.45, 2.75) is 50.2 Å². The van der Waals surface area contributed by atoms with Gasteiger partial charge in [-0.2, -0.15) is 8.78 Å². The molecular weight excluding hydrogens is 414 g/mol. The second-order valence-electron chi connectivity index (χ2n) is 7.05. The summed E-state index contributed by atoms with van der Waals surface area (Å²) in [6.45, 7) is -0.0842. The molecule has 13 heteroatoms. The number of nitrogens with zero attached hydrogens (tertiary/aromatic N) is 4. The van der Waals surface area contributed by atoms with Crippen molar-refractivity contribution in [2.24, 2.45) is 0 Å². The summed E-state index contributed by atoms with van der Waals surface area (Å²) in [6, 6.07) is -1.51. The molecule has 160 valence electrons. The third-order valence-corrected chi connectivity index (χ3v) is 5.18. The summed E-state index contributed by atoms with van der Waals surface area (Å²) in [7, 11) is 0. The summed E-state index contributed by atoms with van der Waals surface area (Å²) >= 11 is 0. The molecule has 1 saturated carbocycles. The van der Waals surface area contributed by atoms with Gasteiger partial charge < -0.3 is 19.7 Å². The molecule has 0 unspecified atom stereocenters. The number of alkyl halides is 4. The molecule has 2 amide bonds. The molecule has 9 nitrogen and oxygen atoms in total. The van der Waals surface area contributed by atoms with E-state index in [9.17, 15) is 27.2 Å². The van der Waals surface area contributed by atoms with Crippen LogP contribution in [-0.4, -0.2) is 55.2 Å². The van der Waals surface area contributed by atoms with Crippen molar-refractivity contribution in [2.75, 3.05) is 0 Å². The van der Waals surface area contributed by atoms with Gasteiger partial charge in [-0.15, -0.1) is 10.2 Å². The molecule has 0 radical (unpaired) electrons. The molecule has 3 heterocycles. The van der Waals surface area contributed by atoms with Crippen molar-refractivity contribution >= 4 is 12.0 Å². The Morgan fingerprint density at radius 2 is 2.13 bits per heavy atom. The monoisotopic (exact) mass is 429 g/mol. The van der Waals surface area contributed by atoms with Crippen molar-refractivity contribution in [3.63, 3.8) is 0 Å². The first kappa shape index (κ1) is 20.0. The van der Waals surface area contributed by atoms with Gasteiger partial charge in [-0.25, -0.2) is 13.6 Å². The van der Waals surface area contributed by atoms with Crippen LogP contribution in [0.1, 0.15) is 47.6 Å². The summed E-state index contributed by atoms with van der Waals surface area (Å²) in [6.07, 6.45) is -3.50. The van der Waals surface area contributed by atoms with Crippen LogP contribution in [0.25, 0.3) is 11.5 Å². The molecule has 2 aliphatic rings. The summed E-state index contributed by atoms with van der Waals surface area (Å²) < 4.78 is 58.9. The zero-order valence-electron chi connectivity index (χ0n) is 15.2. The molecule has 2 aromatic rings. The first-order chi connectivity index (χ1) is 14.2. The topological polar surface area (TPSA) is 121 Å². The highest BCUT2D eigenvalue weighted by Crippen LogP contribution is 2.39. The fraction of sp³-hybridized carbons (Fsp3) is 0.471. The zero-order chi connectivity index (χ0) is 21.6. The van der Waals surface area contributed by atoms with Gasteiger partial charge in [-0.05, 0) is 18.9 Å². The molecule has 30 heavy (non-hydrogen) atoms. The lowest BCUT2D eigenvalue weighted by Gasteiger charge is -2.41. The van der Waals surface area contributed by atoms with Crippen LogP contribution in [0, 0.1) is 0 Å². The van der Waals surface area contributed by atoms with Crippen molar-refractivity contribution in [1.82, 2.24) is 25.4 Å². The molecular formula is C17H15F4N5O4. The number of amides is 2. The fourth-order valence-electron chi connectivity index (χ4n) is 3.84. The van der Waals surface area contributed by atoms with Crippen LogP contribution in [0.15, 0.2) is 16.7 Å². The lowest BCUT2D eigenvalue weighted by Crippen LogP contribution is -2.61. The second kappa shape index (κ2) is 7.22. The van der Waals surface area contributed by atoms with Crippen LogP contribution in [0.3, 0.4) is 0 Å². The van der Waals surface area contributed by atoms with Gasteiger partial charge in [0.2, 0.25) is 5.89 Å². The molecule has 4 rings (SSSR count). The standard InChI is InChI=1S/C17H15F4N5O4/c18-12(19)14-25-24-13(30-14)7-4-8-9(22-5-7)6-26(15(8)27)10-2-1-3-17(20,21)11(10)23-16(28)29/h4-5,10-12,23H,1-3,6H2,(H,28,29)/t10-,11+/m1/s1. The van der Waals surface area contributed by atoms with Gasteiger partial charge in [0.1, 0.15) is 6.04 Å². The van der Waals surface area contributed by atoms with Gasteiger partial charge in [-0.3, -0.25) is 9.78 Å². The highest BCUT2D eigenvalue weighted by Gasteiger charge is 2.52. The Balaban J connectivity index is 1.62. The number of carboxylic acid groups (broad SMARTS) is 1. The van der Waals surface area contributed by atoms with Crippen LogP contribution < -0.4 is 5.32 Å². The maximum absolute atomic E-state index is 14.4. The number of pyridine rings is 1. The smallest absolute Gasteiger partial charge is 0.405 e. The lowest BCUT2D eigenvalue weighted by atomic mass is 9.86. The minimum atomic E-state index is -3.32. The first-order valence-electron chi connectivity index (χ1n) is 8.96. The van der Waals surface area contributed by atoms with E-state index in [2.05, 4.69) is 15.2 Å². The van der Waals surface area contributed by atoms with E-state index >= 15 is 0 Å². The van der Waals surface area contributed by atoms with Gasteiger partial charge in [-0.1, -0.05) is 0 Å². The normalized spacial score (nSPS) is 23.0. The molecule has 0 aromatic carbocycles. The Bertz CT molecular complexity index is 998.